The Labute approximate surface area is 149 Å². The number of nitrogens with zero attached hydrogens (tertiary/aromatic N) is 1. The smallest absolute Gasteiger partial charge is 0.220 e. The second-order valence-corrected chi connectivity index (χ2v) is 7.26. The largest absolute Gasteiger partial charge is 0.493 e. The number of hydrogen-bond donors (Lipinski definition) is 1. The Morgan fingerprint density at radius 1 is 1.20 bits per heavy atom. The van der Waals surface area contributed by atoms with E-state index in [0.717, 1.165) is 24.2 Å². The minimum absolute atomic E-state index is 0.117. The Morgan fingerprint density at radius 3 is 2.44 bits per heavy atom. The molecule has 134 valence electrons. The first-order valence-corrected chi connectivity index (χ1v) is 9.14. The highest BCUT2D eigenvalue weighted by atomic mass is 16.5. The Balaban J connectivity index is 1.85. The molecule has 0 unspecified atom stereocenters. The van der Waals surface area contributed by atoms with Crippen molar-refractivity contribution in [2.45, 2.75) is 62.9 Å². The number of primary amides is 1. The SMILES string of the molecule is COc1ccc([C@]2(C#N)CC[C@H](C(N)=O)CC2)cc1OC1CCCC1. The third-order valence-electron chi connectivity index (χ3n) is 5.77. The van der Waals surface area contributed by atoms with Gasteiger partial charge >= 0.3 is 0 Å². The molecule has 1 aromatic rings. The lowest BCUT2D eigenvalue weighted by Crippen LogP contribution is -2.35. The summed E-state index contributed by atoms with van der Waals surface area (Å²) in [5.74, 6) is 1.05. The zero-order valence-electron chi connectivity index (χ0n) is 14.8. The Morgan fingerprint density at radius 2 is 1.88 bits per heavy atom. The maximum absolute atomic E-state index is 11.4. The van der Waals surface area contributed by atoms with Gasteiger partial charge in [0.2, 0.25) is 5.91 Å². The van der Waals surface area contributed by atoms with E-state index in [9.17, 15) is 10.1 Å². The average molecular weight is 342 g/mol. The van der Waals surface area contributed by atoms with Crippen LogP contribution in [0.25, 0.3) is 0 Å². The van der Waals surface area contributed by atoms with E-state index in [2.05, 4.69) is 6.07 Å². The highest BCUT2D eigenvalue weighted by Gasteiger charge is 2.39. The fourth-order valence-corrected chi connectivity index (χ4v) is 4.11. The van der Waals surface area contributed by atoms with Crippen molar-refractivity contribution >= 4 is 5.91 Å². The van der Waals surface area contributed by atoms with Crippen molar-refractivity contribution in [2.75, 3.05) is 7.11 Å². The molecule has 0 spiro atoms. The topological polar surface area (TPSA) is 85.3 Å². The Bertz CT molecular complexity index is 666. The highest BCUT2D eigenvalue weighted by Crippen LogP contribution is 2.44. The molecule has 3 rings (SSSR count). The van der Waals surface area contributed by atoms with Crippen LogP contribution >= 0.6 is 0 Å². The van der Waals surface area contributed by atoms with Crippen LogP contribution in [0.2, 0.25) is 0 Å². The van der Waals surface area contributed by atoms with Crippen LogP contribution in [-0.2, 0) is 10.2 Å². The molecule has 2 aliphatic carbocycles. The molecule has 0 aromatic heterocycles. The zero-order valence-corrected chi connectivity index (χ0v) is 14.8. The van der Waals surface area contributed by atoms with E-state index in [-0.39, 0.29) is 17.9 Å². The summed E-state index contributed by atoms with van der Waals surface area (Å²) in [5, 5.41) is 9.88. The molecule has 2 saturated carbocycles. The summed E-state index contributed by atoms with van der Waals surface area (Å²) in [6.45, 7) is 0. The van der Waals surface area contributed by atoms with Gasteiger partial charge in [0, 0.05) is 5.92 Å². The van der Waals surface area contributed by atoms with Crippen molar-refractivity contribution in [3.8, 4) is 17.6 Å². The predicted molar refractivity (Wildman–Crippen MR) is 94.3 cm³/mol. The summed E-state index contributed by atoms with van der Waals surface area (Å²) in [7, 11) is 1.63. The molecule has 5 nitrogen and oxygen atoms in total. The van der Waals surface area contributed by atoms with Crippen LogP contribution in [-0.4, -0.2) is 19.1 Å². The quantitative estimate of drug-likeness (QED) is 0.888. The first-order chi connectivity index (χ1) is 12.1. The van der Waals surface area contributed by atoms with Gasteiger partial charge in [-0.3, -0.25) is 4.79 Å². The molecule has 1 amide bonds. The maximum Gasteiger partial charge on any atom is 0.220 e. The van der Waals surface area contributed by atoms with Gasteiger partial charge in [-0.25, -0.2) is 0 Å². The summed E-state index contributed by atoms with van der Waals surface area (Å²) in [6.07, 6.45) is 7.37. The van der Waals surface area contributed by atoms with Crippen LogP contribution in [0.3, 0.4) is 0 Å². The summed E-state index contributed by atoms with van der Waals surface area (Å²) < 4.78 is 11.6. The monoisotopic (exact) mass is 342 g/mol. The van der Waals surface area contributed by atoms with E-state index >= 15 is 0 Å². The number of benzene rings is 1. The summed E-state index contributed by atoms with van der Waals surface area (Å²) in [4.78, 5) is 11.4. The van der Waals surface area contributed by atoms with Crippen molar-refractivity contribution in [3.63, 3.8) is 0 Å². The lowest BCUT2D eigenvalue weighted by Gasteiger charge is -2.34. The lowest BCUT2D eigenvalue weighted by atomic mass is 9.67. The molecule has 0 aliphatic heterocycles. The van der Waals surface area contributed by atoms with Gasteiger partial charge in [-0.15, -0.1) is 0 Å². The number of amides is 1. The van der Waals surface area contributed by atoms with Crippen molar-refractivity contribution < 1.29 is 14.3 Å². The van der Waals surface area contributed by atoms with Crippen molar-refractivity contribution in [1.29, 1.82) is 5.26 Å². The fraction of sp³-hybridized carbons (Fsp3) is 0.600. The van der Waals surface area contributed by atoms with Crippen LogP contribution in [0.4, 0.5) is 0 Å². The van der Waals surface area contributed by atoms with Gasteiger partial charge in [0.05, 0.1) is 24.7 Å². The molecule has 2 aliphatic rings. The third-order valence-corrected chi connectivity index (χ3v) is 5.77. The molecule has 1 aromatic carbocycles. The van der Waals surface area contributed by atoms with E-state index in [1.54, 1.807) is 7.11 Å². The van der Waals surface area contributed by atoms with Crippen molar-refractivity contribution in [2.24, 2.45) is 11.7 Å². The molecule has 25 heavy (non-hydrogen) atoms. The normalized spacial score (nSPS) is 26.8. The summed E-state index contributed by atoms with van der Waals surface area (Å²) in [6, 6.07) is 8.31. The van der Waals surface area contributed by atoms with Crippen LogP contribution in [0, 0.1) is 17.2 Å². The van der Waals surface area contributed by atoms with E-state index < -0.39 is 5.41 Å². The van der Waals surface area contributed by atoms with E-state index in [4.69, 9.17) is 15.2 Å². The molecule has 2 fully saturated rings. The number of methoxy groups -OCH3 is 1. The van der Waals surface area contributed by atoms with Gasteiger partial charge in [0.25, 0.3) is 0 Å². The number of carbonyl (C=O) groups is 1. The van der Waals surface area contributed by atoms with E-state index in [1.165, 1.54) is 12.8 Å². The summed E-state index contributed by atoms with van der Waals surface area (Å²) in [5.41, 5.74) is 5.80. The van der Waals surface area contributed by atoms with Crippen molar-refractivity contribution in [3.05, 3.63) is 23.8 Å². The summed E-state index contributed by atoms with van der Waals surface area (Å²) >= 11 is 0. The van der Waals surface area contributed by atoms with Crippen LogP contribution in [0.5, 0.6) is 11.5 Å². The Hall–Kier alpha value is -2.22. The van der Waals surface area contributed by atoms with Gasteiger partial charge < -0.3 is 15.2 Å². The maximum atomic E-state index is 11.4. The Kier molecular flexibility index (Phi) is 5.17. The van der Waals surface area contributed by atoms with Gasteiger partial charge in [-0.1, -0.05) is 6.07 Å². The minimum Gasteiger partial charge on any atom is -0.493 e. The fourth-order valence-electron chi connectivity index (χ4n) is 4.11. The third kappa shape index (κ3) is 3.58. The number of carbonyl (C=O) groups excluding carboxylic acids is 1. The van der Waals surface area contributed by atoms with Gasteiger partial charge in [-0.05, 0) is 69.1 Å². The molecule has 0 bridgehead atoms. The van der Waals surface area contributed by atoms with Crippen molar-refractivity contribution in [1.82, 2.24) is 0 Å². The van der Waals surface area contributed by atoms with E-state index in [0.29, 0.717) is 31.4 Å². The zero-order chi connectivity index (χ0) is 17.9. The molecule has 0 saturated heterocycles. The predicted octanol–water partition coefficient (Wildman–Crippen LogP) is 3.45. The minimum atomic E-state index is -0.577. The molecule has 0 atom stereocenters. The molecular weight excluding hydrogens is 316 g/mol. The second kappa shape index (κ2) is 7.35. The molecule has 0 radical (unpaired) electrons. The number of nitriles is 1. The first-order valence-electron chi connectivity index (χ1n) is 9.14. The number of ether oxygens (including phenoxy) is 2. The number of nitrogens with two attached hydrogens (primary N) is 1. The van der Waals surface area contributed by atoms with Gasteiger partial charge in [-0.2, -0.15) is 5.26 Å². The molecule has 2 N–H and O–H groups in total. The number of rotatable bonds is 5. The van der Waals surface area contributed by atoms with E-state index in [1.807, 2.05) is 18.2 Å². The van der Waals surface area contributed by atoms with Crippen LogP contribution < -0.4 is 15.2 Å². The van der Waals surface area contributed by atoms with Gasteiger partial charge in [0.1, 0.15) is 0 Å². The standard InChI is InChI=1S/C20H26N2O3/c1-24-17-7-6-15(12-18(17)25-16-4-2-3-5-16)20(13-21)10-8-14(9-11-20)19(22)23/h6-7,12,14,16H,2-5,8-11H2,1H3,(H2,22,23)/t14-,20+. The van der Waals surface area contributed by atoms with Gasteiger partial charge in [0.15, 0.2) is 11.5 Å². The molecule has 0 heterocycles. The second-order valence-electron chi connectivity index (χ2n) is 7.26. The van der Waals surface area contributed by atoms with Crippen LogP contribution in [0.1, 0.15) is 56.9 Å². The highest BCUT2D eigenvalue weighted by molar-refractivity contribution is 5.76. The molecular formula is C20H26N2O3. The lowest BCUT2D eigenvalue weighted by molar-refractivity contribution is -0.122. The average Bonchev–Trinajstić information content (AvgIpc) is 3.14. The first kappa shape index (κ1) is 17.6. The molecule has 5 heteroatoms. The number of hydrogen-bond acceptors (Lipinski definition) is 4. The van der Waals surface area contributed by atoms with Crippen LogP contribution in [0.15, 0.2) is 18.2 Å².